The zero-order valence-corrected chi connectivity index (χ0v) is 17.8. The van der Waals surface area contributed by atoms with Gasteiger partial charge in [-0.15, -0.1) is 0 Å². The highest BCUT2D eigenvalue weighted by molar-refractivity contribution is 6.05. The van der Waals surface area contributed by atoms with Gasteiger partial charge in [0.15, 0.2) is 6.29 Å². The molecule has 3 amide bonds. The molecule has 3 heterocycles. The van der Waals surface area contributed by atoms with E-state index in [0.717, 1.165) is 42.1 Å². The molecule has 8 heteroatoms. The van der Waals surface area contributed by atoms with Crippen molar-refractivity contribution >= 4 is 23.4 Å². The monoisotopic (exact) mass is 415 g/mol. The van der Waals surface area contributed by atoms with E-state index in [1.54, 1.807) is 19.1 Å². The van der Waals surface area contributed by atoms with Crippen molar-refractivity contribution in [2.24, 2.45) is 5.92 Å². The lowest BCUT2D eigenvalue weighted by Gasteiger charge is -2.36. The highest BCUT2D eigenvalue weighted by atomic mass is 16.7. The number of carbonyl (C=O) groups excluding carboxylic acids is 3. The maximum absolute atomic E-state index is 12.9. The van der Waals surface area contributed by atoms with Gasteiger partial charge in [0.05, 0.1) is 0 Å². The number of rotatable bonds is 5. The first-order valence-corrected chi connectivity index (χ1v) is 10.5. The standard InChI is InChI=1S/C22H29N3O5/c1-23-19(26)7-6-18(21(23)28)25-13-15-12-16(4-5-17(15)20(25)27)24-10-8-14(9-11-24)22(29-2)30-3/h4-5,12,14,18,22H,6-11,13H2,1-3H3. The molecule has 0 aliphatic carbocycles. The van der Waals surface area contributed by atoms with E-state index in [2.05, 4.69) is 11.0 Å². The summed E-state index contributed by atoms with van der Waals surface area (Å²) in [4.78, 5) is 42.3. The summed E-state index contributed by atoms with van der Waals surface area (Å²) >= 11 is 0. The van der Waals surface area contributed by atoms with Crippen molar-refractivity contribution in [3.63, 3.8) is 0 Å². The third-order valence-electron chi connectivity index (χ3n) is 6.67. The predicted molar refractivity (Wildman–Crippen MR) is 110 cm³/mol. The van der Waals surface area contributed by atoms with E-state index < -0.39 is 6.04 Å². The van der Waals surface area contributed by atoms with Crippen molar-refractivity contribution in [3.8, 4) is 0 Å². The quantitative estimate of drug-likeness (QED) is 0.537. The topological polar surface area (TPSA) is 79.4 Å². The Labute approximate surface area is 176 Å². The largest absolute Gasteiger partial charge is 0.372 e. The van der Waals surface area contributed by atoms with Gasteiger partial charge in [0.25, 0.3) is 11.8 Å². The zero-order chi connectivity index (χ0) is 21.4. The van der Waals surface area contributed by atoms with E-state index in [0.29, 0.717) is 24.4 Å². The van der Waals surface area contributed by atoms with Crippen molar-refractivity contribution < 1.29 is 23.9 Å². The first-order valence-electron chi connectivity index (χ1n) is 10.5. The summed E-state index contributed by atoms with van der Waals surface area (Å²) in [6.45, 7) is 2.21. The molecule has 4 rings (SSSR count). The second-order valence-electron chi connectivity index (χ2n) is 8.28. The van der Waals surface area contributed by atoms with Gasteiger partial charge in [-0.3, -0.25) is 19.3 Å². The maximum Gasteiger partial charge on any atom is 0.255 e. The summed E-state index contributed by atoms with van der Waals surface area (Å²) in [6, 6.07) is 5.36. The minimum absolute atomic E-state index is 0.126. The summed E-state index contributed by atoms with van der Waals surface area (Å²) in [5.74, 6) is -0.227. The molecular weight excluding hydrogens is 386 g/mol. The highest BCUT2D eigenvalue weighted by Gasteiger charge is 2.41. The molecule has 2 fully saturated rings. The number of carbonyl (C=O) groups is 3. The Balaban J connectivity index is 1.45. The lowest BCUT2D eigenvalue weighted by Crippen LogP contribution is -2.53. The number of hydrogen-bond acceptors (Lipinski definition) is 6. The maximum atomic E-state index is 12.9. The molecule has 1 unspecified atom stereocenters. The van der Waals surface area contributed by atoms with Gasteiger partial charge in [-0.05, 0) is 43.0 Å². The minimum atomic E-state index is -0.563. The molecule has 1 atom stereocenters. The summed E-state index contributed by atoms with van der Waals surface area (Å²) in [6.07, 6.45) is 2.47. The second kappa shape index (κ2) is 8.35. The van der Waals surface area contributed by atoms with Gasteiger partial charge in [-0.1, -0.05) is 0 Å². The second-order valence-corrected chi connectivity index (χ2v) is 8.28. The zero-order valence-electron chi connectivity index (χ0n) is 17.8. The van der Waals surface area contributed by atoms with E-state index in [1.807, 2.05) is 12.1 Å². The van der Waals surface area contributed by atoms with Gasteiger partial charge >= 0.3 is 0 Å². The summed E-state index contributed by atoms with van der Waals surface area (Å²) in [5, 5.41) is 0. The smallest absolute Gasteiger partial charge is 0.255 e. The van der Waals surface area contributed by atoms with E-state index in [9.17, 15) is 14.4 Å². The number of fused-ring (bicyclic) bond motifs is 1. The lowest BCUT2D eigenvalue weighted by atomic mass is 9.95. The van der Waals surface area contributed by atoms with Gasteiger partial charge < -0.3 is 19.3 Å². The Morgan fingerprint density at radius 3 is 2.40 bits per heavy atom. The number of ether oxygens (including phenoxy) is 2. The molecule has 1 aromatic carbocycles. The van der Waals surface area contributed by atoms with Crippen molar-refractivity contribution in [1.29, 1.82) is 0 Å². The van der Waals surface area contributed by atoms with Crippen LogP contribution in [-0.2, 0) is 25.6 Å². The Kier molecular flexibility index (Phi) is 5.79. The number of methoxy groups -OCH3 is 2. The molecule has 0 N–H and O–H groups in total. The fourth-order valence-corrected chi connectivity index (χ4v) is 4.88. The number of likely N-dealkylation sites (N-methyl/N-ethyl adjacent to an activating group) is 1. The van der Waals surface area contributed by atoms with Gasteiger partial charge in [-0.2, -0.15) is 0 Å². The Bertz CT molecular complexity index is 845. The molecule has 0 radical (unpaired) electrons. The first kappa shape index (κ1) is 20.8. The van der Waals surface area contributed by atoms with Crippen LogP contribution in [0.3, 0.4) is 0 Å². The molecule has 1 aromatic rings. The van der Waals surface area contributed by atoms with E-state index >= 15 is 0 Å². The van der Waals surface area contributed by atoms with Gasteiger partial charge in [-0.25, -0.2) is 0 Å². The molecular formula is C22H29N3O5. The van der Waals surface area contributed by atoms with Crippen LogP contribution in [-0.4, -0.2) is 74.2 Å². The predicted octanol–water partition coefficient (Wildman–Crippen LogP) is 1.63. The van der Waals surface area contributed by atoms with Crippen LogP contribution in [0.1, 0.15) is 41.6 Å². The number of likely N-dealkylation sites (tertiary alicyclic amines) is 1. The third-order valence-corrected chi connectivity index (χ3v) is 6.67. The van der Waals surface area contributed by atoms with Crippen LogP contribution in [0.5, 0.6) is 0 Å². The summed E-state index contributed by atoms with van der Waals surface area (Å²) in [7, 11) is 4.84. The molecule has 0 aromatic heterocycles. The van der Waals surface area contributed by atoms with Gasteiger partial charge in [0.2, 0.25) is 5.91 Å². The van der Waals surface area contributed by atoms with Crippen LogP contribution in [0, 0.1) is 5.92 Å². The molecule has 0 saturated carbocycles. The van der Waals surface area contributed by atoms with Crippen LogP contribution >= 0.6 is 0 Å². The van der Waals surface area contributed by atoms with Crippen molar-refractivity contribution in [2.45, 2.75) is 44.6 Å². The highest BCUT2D eigenvalue weighted by Crippen LogP contribution is 2.33. The molecule has 0 spiro atoms. The fraction of sp³-hybridized carbons (Fsp3) is 0.591. The minimum Gasteiger partial charge on any atom is -0.372 e. The van der Waals surface area contributed by atoms with Gasteiger partial charge in [0.1, 0.15) is 6.04 Å². The molecule has 3 aliphatic heterocycles. The average Bonchev–Trinajstić information content (AvgIpc) is 3.09. The SMILES string of the molecule is COC(OC)C1CCN(c2ccc3c(c2)CN(C2CCC(=O)N(C)C2=O)C3=O)CC1. The number of piperidine rings is 2. The molecule has 30 heavy (non-hydrogen) atoms. The van der Waals surface area contributed by atoms with E-state index in [-0.39, 0.29) is 30.4 Å². The molecule has 3 aliphatic rings. The van der Waals surface area contributed by atoms with Crippen LogP contribution < -0.4 is 4.90 Å². The van der Waals surface area contributed by atoms with Crippen LogP contribution in [0.25, 0.3) is 0 Å². The molecule has 2 saturated heterocycles. The first-order chi connectivity index (χ1) is 14.4. The Morgan fingerprint density at radius 2 is 1.73 bits per heavy atom. The number of nitrogens with zero attached hydrogens (tertiary/aromatic N) is 3. The molecule has 162 valence electrons. The number of anilines is 1. The summed E-state index contributed by atoms with van der Waals surface area (Å²) in [5.41, 5.74) is 2.69. The van der Waals surface area contributed by atoms with Crippen LogP contribution in [0.4, 0.5) is 5.69 Å². The third kappa shape index (κ3) is 3.58. The lowest BCUT2D eigenvalue weighted by molar-refractivity contribution is -0.150. The average molecular weight is 415 g/mol. The van der Waals surface area contributed by atoms with E-state index in [1.165, 1.54) is 7.05 Å². The Hall–Kier alpha value is -2.45. The number of imide groups is 1. The van der Waals surface area contributed by atoms with Crippen molar-refractivity contribution in [2.75, 3.05) is 39.3 Å². The van der Waals surface area contributed by atoms with Crippen molar-refractivity contribution in [1.82, 2.24) is 9.80 Å². The van der Waals surface area contributed by atoms with Crippen molar-refractivity contribution in [3.05, 3.63) is 29.3 Å². The Morgan fingerprint density at radius 1 is 1.03 bits per heavy atom. The normalized spacial score (nSPS) is 23.0. The number of amides is 3. The van der Waals surface area contributed by atoms with Gasteiger partial charge in [0, 0.05) is 64.5 Å². The summed E-state index contributed by atoms with van der Waals surface area (Å²) < 4.78 is 10.8. The van der Waals surface area contributed by atoms with Crippen LogP contribution in [0.2, 0.25) is 0 Å². The van der Waals surface area contributed by atoms with E-state index in [4.69, 9.17) is 9.47 Å². The van der Waals surface area contributed by atoms with Crippen LogP contribution in [0.15, 0.2) is 18.2 Å². The molecule has 0 bridgehead atoms. The fourth-order valence-electron chi connectivity index (χ4n) is 4.88. The number of hydrogen-bond donors (Lipinski definition) is 0. The number of benzene rings is 1. The molecule has 8 nitrogen and oxygen atoms in total.